The van der Waals surface area contributed by atoms with Crippen molar-refractivity contribution < 1.29 is 18.3 Å². The molecule has 0 aliphatic heterocycles. The Balaban J connectivity index is 1.91. The molecule has 0 saturated heterocycles. The summed E-state index contributed by atoms with van der Waals surface area (Å²) in [5.41, 5.74) is 0.561. The molecule has 1 saturated carbocycles. The molecule has 0 radical (unpaired) electrons. The summed E-state index contributed by atoms with van der Waals surface area (Å²) in [6, 6.07) is 3.17. The monoisotopic (exact) mass is 336 g/mol. The highest BCUT2D eigenvalue weighted by molar-refractivity contribution is 5.63. The maximum absolute atomic E-state index is 13.7. The van der Waals surface area contributed by atoms with Crippen LogP contribution in [0.15, 0.2) is 24.5 Å². The van der Waals surface area contributed by atoms with Gasteiger partial charge in [-0.2, -0.15) is 13.8 Å². The molecule has 0 aromatic carbocycles. The fourth-order valence-electron chi connectivity index (χ4n) is 2.19. The van der Waals surface area contributed by atoms with Crippen molar-refractivity contribution in [2.45, 2.75) is 38.2 Å². The van der Waals surface area contributed by atoms with Crippen molar-refractivity contribution in [2.75, 3.05) is 12.4 Å². The zero-order valence-corrected chi connectivity index (χ0v) is 13.4. The van der Waals surface area contributed by atoms with Gasteiger partial charge >= 0.3 is 5.92 Å². The molecule has 0 unspecified atom stereocenters. The number of methoxy groups -OCH3 is 1. The molecular weight excluding hydrogens is 318 g/mol. The first kappa shape index (κ1) is 16.4. The number of rotatable bonds is 6. The van der Waals surface area contributed by atoms with Gasteiger partial charge in [-0.25, -0.2) is 4.98 Å². The fourth-order valence-corrected chi connectivity index (χ4v) is 2.19. The Morgan fingerprint density at radius 2 is 2.08 bits per heavy atom. The fraction of sp³-hybridized carbons (Fsp3) is 0.438. The molecule has 0 atom stereocenters. The molecule has 2 heterocycles. The third-order valence-electron chi connectivity index (χ3n) is 3.70. The van der Waals surface area contributed by atoms with Crippen LogP contribution in [0, 0.1) is 0 Å². The normalized spacial score (nSPS) is 14.8. The van der Waals surface area contributed by atoms with Crippen LogP contribution >= 0.6 is 0 Å². The van der Waals surface area contributed by atoms with E-state index in [1.807, 2.05) is 0 Å². The van der Waals surface area contributed by atoms with Gasteiger partial charge in [0, 0.05) is 19.2 Å². The smallest absolute Gasteiger partial charge is 0.304 e. The summed E-state index contributed by atoms with van der Waals surface area (Å²) < 4.78 is 38.2. The number of aromatic nitrogens is 3. The average Bonchev–Trinajstić information content (AvgIpc) is 2.50. The Morgan fingerprint density at radius 3 is 2.71 bits per heavy atom. The number of nitrogens with zero attached hydrogens (tertiary/aromatic N) is 3. The molecule has 128 valence electrons. The number of nitrogens with one attached hydrogen (secondary N) is 1. The molecule has 24 heavy (non-hydrogen) atoms. The van der Waals surface area contributed by atoms with Gasteiger partial charge in [0.15, 0.2) is 5.75 Å². The molecule has 1 aliphatic rings. The number of hydrogen-bond acceptors (Lipinski definition) is 6. The standard InChI is InChI=1S/C16H18F2N4O2/c1-16(17,18)15-21-13(8-14(22-15)24-10-4-3-5-10)20-11-6-7-19-9-12(11)23-2/h6-10H,3-5H2,1-2H3,(H,19,20,21,22). The summed E-state index contributed by atoms with van der Waals surface area (Å²) in [6.07, 6.45) is 6.00. The van der Waals surface area contributed by atoms with Gasteiger partial charge in [0.05, 0.1) is 19.0 Å². The molecule has 3 rings (SSSR count). The van der Waals surface area contributed by atoms with Crippen molar-refractivity contribution in [1.82, 2.24) is 15.0 Å². The lowest BCUT2D eigenvalue weighted by Gasteiger charge is -2.26. The molecule has 6 nitrogen and oxygen atoms in total. The minimum absolute atomic E-state index is 0.0292. The molecule has 2 aromatic rings. The summed E-state index contributed by atoms with van der Waals surface area (Å²) in [4.78, 5) is 11.7. The lowest BCUT2D eigenvalue weighted by Crippen LogP contribution is -2.26. The van der Waals surface area contributed by atoms with E-state index >= 15 is 0 Å². The van der Waals surface area contributed by atoms with Gasteiger partial charge in [0.1, 0.15) is 11.9 Å². The Labute approximate surface area is 138 Å². The van der Waals surface area contributed by atoms with Crippen LogP contribution < -0.4 is 14.8 Å². The molecule has 8 heteroatoms. The molecule has 1 fully saturated rings. The number of alkyl halides is 2. The van der Waals surface area contributed by atoms with Gasteiger partial charge < -0.3 is 14.8 Å². The van der Waals surface area contributed by atoms with Gasteiger partial charge in [-0.3, -0.25) is 4.98 Å². The second-order valence-corrected chi connectivity index (χ2v) is 5.68. The van der Waals surface area contributed by atoms with E-state index in [-0.39, 0.29) is 17.8 Å². The van der Waals surface area contributed by atoms with Crippen molar-refractivity contribution in [3.63, 3.8) is 0 Å². The number of hydrogen-bond donors (Lipinski definition) is 1. The van der Waals surface area contributed by atoms with Crippen LogP contribution in [0.2, 0.25) is 0 Å². The topological polar surface area (TPSA) is 69.2 Å². The molecular formula is C16H18F2N4O2. The maximum atomic E-state index is 13.7. The van der Waals surface area contributed by atoms with Gasteiger partial charge in [-0.15, -0.1) is 0 Å². The lowest BCUT2D eigenvalue weighted by atomic mass is 9.96. The third-order valence-corrected chi connectivity index (χ3v) is 3.70. The first-order chi connectivity index (χ1) is 11.5. The quantitative estimate of drug-likeness (QED) is 0.868. The van der Waals surface area contributed by atoms with E-state index in [4.69, 9.17) is 9.47 Å². The molecule has 1 aliphatic carbocycles. The van der Waals surface area contributed by atoms with E-state index in [2.05, 4.69) is 20.3 Å². The summed E-state index contributed by atoms with van der Waals surface area (Å²) in [6.45, 7) is 0.756. The highest BCUT2D eigenvalue weighted by Crippen LogP contribution is 2.32. The van der Waals surface area contributed by atoms with E-state index in [9.17, 15) is 8.78 Å². The van der Waals surface area contributed by atoms with E-state index in [1.165, 1.54) is 19.4 Å². The molecule has 2 aromatic heterocycles. The summed E-state index contributed by atoms with van der Waals surface area (Å²) in [7, 11) is 1.50. The summed E-state index contributed by atoms with van der Waals surface area (Å²) >= 11 is 0. The minimum Gasteiger partial charge on any atom is -0.493 e. The van der Waals surface area contributed by atoms with E-state index < -0.39 is 11.7 Å². The first-order valence-electron chi connectivity index (χ1n) is 7.65. The minimum atomic E-state index is -3.17. The number of anilines is 2. The second-order valence-electron chi connectivity index (χ2n) is 5.68. The average molecular weight is 336 g/mol. The lowest BCUT2D eigenvalue weighted by molar-refractivity contribution is 0.00625. The van der Waals surface area contributed by atoms with Crippen LogP contribution in [0.25, 0.3) is 0 Å². The number of pyridine rings is 1. The van der Waals surface area contributed by atoms with E-state index in [0.717, 1.165) is 26.2 Å². The van der Waals surface area contributed by atoms with Crippen LogP contribution in [-0.4, -0.2) is 28.2 Å². The van der Waals surface area contributed by atoms with Crippen molar-refractivity contribution in [3.05, 3.63) is 30.4 Å². The van der Waals surface area contributed by atoms with Crippen molar-refractivity contribution >= 4 is 11.5 Å². The Hall–Kier alpha value is -2.51. The highest BCUT2D eigenvalue weighted by atomic mass is 19.3. The highest BCUT2D eigenvalue weighted by Gasteiger charge is 2.30. The van der Waals surface area contributed by atoms with Crippen LogP contribution in [-0.2, 0) is 5.92 Å². The van der Waals surface area contributed by atoms with Crippen LogP contribution in [0.4, 0.5) is 20.3 Å². The third kappa shape index (κ3) is 3.69. The Kier molecular flexibility index (Phi) is 4.46. The molecule has 0 amide bonds. The predicted molar refractivity (Wildman–Crippen MR) is 83.9 cm³/mol. The SMILES string of the molecule is COc1cnccc1Nc1cc(OC2CCC2)nc(C(C)(F)F)n1. The molecule has 0 spiro atoms. The van der Waals surface area contributed by atoms with E-state index in [0.29, 0.717) is 11.4 Å². The number of ether oxygens (including phenoxy) is 2. The van der Waals surface area contributed by atoms with Crippen molar-refractivity contribution in [1.29, 1.82) is 0 Å². The number of halogens is 2. The zero-order chi connectivity index (χ0) is 17.2. The zero-order valence-electron chi connectivity index (χ0n) is 13.4. The van der Waals surface area contributed by atoms with E-state index in [1.54, 1.807) is 12.3 Å². The van der Waals surface area contributed by atoms with Gasteiger partial charge in [0.2, 0.25) is 11.7 Å². The molecule has 0 bridgehead atoms. The molecule has 1 N–H and O–H groups in total. The van der Waals surface area contributed by atoms with Gasteiger partial charge in [0.25, 0.3) is 0 Å². The van der Waals surface area contributed by atoms with Crippen molar-refractivity contribution in [3.8, 4) is 11.6 Å². The van der Waals surface area contributed by atoms with Gasteiger partial charge in [-0.05, 0) is 25.3 Å². The Morgan fingerprint density at radius 1 is 1.29 bits per heavy atom. The summed E-state index contributed by atoms with van der Waals surface area (Å²) in [5.74, 6) is -2.93. The summed E-state index contributed by atoms with van der Waals surface area (Å²) in [5, 5.41) is 2.96. The first-order valence-corrected chi connectivity index (χ1v) is 7.65. The largest absolute Gasteiger partial charge is 0.493 e. The van der Waals surface area contributed by atoms with Crippen LogP contribution in [0.5, 0.6) is 11.6 Å². The maximum Gasteiger partial charge on any atom is 0.304 e. The van der Waals surface area contributed by atoms with Crippen LogP contribution in [0.3, 0.4) is 0 Å². The predicted octanol–water partition coefficient (Wildman–Crippen LogP) is 3.67. The van der Waals surface area contributed by atoms with Crippen molar-refractivity contribution in [2.24, 2.45) is 0 Å². The van der Waals surface area contributed by atoms with Crippen LogP contribution in [0.1, 0.15) is 32.0 Å². The second kappa shape index (κ2) is 6.54. The Bertz CT molecular complexity index is 717. The van der Waals surface area contributed by atoms with Gasteiger partial charge in [-0.1, -0.05) is 0 Å².